The zero-order valence-corrected chi connectivity index (χ0v) is 17.4. The zero-order chi connectivity index (χ0) is 20.9. The minimum absolute atomic E-state index is 0.00245. The molecular weight excluding hydrogens is 414 g/mol. The van der Waals surface area contributed by atoms with E-state index in [-0.39, 0.29) is 34.7 Å². The van der Waals surface area contributed by atoms with Crippen molar-refractivity contribution in [3.8, 4) is 0 Å². The summed E-state index contributed by atoms with van der Waals surface area (Å²) in [4.78, 5) is 12.4. The van der Waals surface area contributed by atoms with Crippen LogP contribution < -0.4 is 4.31 Å². The first-order chi connectivity index (χ1) is 13.9. The Morgan fingerprint density at radius 2 is 2.03 bits per heavy atom. The number of esters is 1. The molecule has 2 aromatic carbocycles. The number of rotatable bonds is 8. The molecule has 6 nitrogen and oxygen atoms in total. The maximum absolute atomic E-state index is 13.2. The number of ether oxygens (including phenoxy) is 2. The molecule has 154 valence electrons. The summed E-state index contributed by atoms with van der Waals surface area (Å²) < 4.78 is 38.4. The highest BCUT2D eigenvalue weighted by molar-refractivity contribution is 7.92. The maximum Gasteiger partial charge on any atom is 0.339 e. The van der Waals surface area contributed by atoms with Gasteiger partial charge in [-0.3, -0.25) is 4.31 Å². The van der Waals surface area contributed by atoms with E-state index in [2.05, 4.69) is 6.58 Å². The van der Waals surface area contributed by atoms with E-state index in [9.17, 15) is 13.2 Å². The lowest BCUT2D eigenvalue weighted by molar-refractivity contribution is 0.0161. The number of hydrogen-bond donors (Lipinski definition) is 0. The first-order valence-corrected chi connectivity index (χ1v) is 11.0. The van der Waals surface area contributed by atoms with Gasteiger partial charge >= 0.3 is 5.97 Å². The molecule has 3 rings (SSSR count). The average molecular weight is 436 g/mol. The van der Waals surface area contributed by atoms with Crippen LogP contribution in [0.25, 0.3) is 0 Å². The average Bonchev–Trinajstić information content (AvgIpc) is 3.24. The Hall–Kier alpha value is -2.35. The molecule has 0 aromatic heterocycles. The quantitative estimate of drug-likeness (QED) is 0.462. The summed E-state index contributed by atoms with van der Waals surface area (Å²) >= 11 is 6.14. The van der Waals surface area contributed by atoms with Crippen molar-refractivity contribution >= 4 is 33.3 Å². The second kappa shape index (κ2) is 9.43. The lowest BCUT2D eigenvalue weighted by Gasteiger charge is -2.23. The number of anilines is 1. The number of para-hydroxylation sites is 1. The minimum Gasteiger partial charge on any atom is -0.459 e. The molecule has 1 aliphatic rings. The highest BCUT2D eigenvalue weighted by Gasteiger charge is 2.26. The molecule has 8 heteroatoms. The molecule has 0 bridgehead atoms. The van der Waals surface area contributed by atoms with Crippen LogP contribution in [0.2, 0.25) is 5.02 Å². The maximum atomic E-state index is 13.2. The fraction of sp³-hybridized carbons (Fsp3) is 0.286. The fourth-order valence-corrected chi connectivity index (χ4v) is 4.68. The Morgan fingerprint density at radius 3 is 2.69 bits per heavy atom. The van der Waals surface area contributed by atoms with Crippen molar-refractivity contribution in [2.75, 3.05) is 24.1 Å². The predicted molar refractivity (Wildman–Crippen MR) is 112 cm³/mol. The second-order valence-corrected chi connectivity index (χ2v) is 8.81. The summed E-state index contributed by atoms with van der Waals surface area (Å²) in [5, 5.41) is 0.122. The molecule has 2 aromatic rings. The van der Waals surface area contributed by atoms with Crippen LogP contribution in [0.1, 0.15) is 23.2 Å². The van der Waals surface area contributed by atoms with Crippen molar-refractivity contribution < 1.29 is 22.7 Å². The van der Waals surface area contributed by atoms with Crippen molar-refractivity contribution in [3.63, 3.8) is 0 Å². The zero-order valence-electron chi connectivity index (χ0n) is 15.8. The lowest BCUT2D eigenvalue weighted by atomic mass is 10.2. The van der Waals surface area contributed by atoms with Crippen molar-refractivity contribution in [3.05, 3.63) is 71.8 Å². The van der Waals surface area contributed by atoms with Crippen molar-refractivity contribution in [1.82, 2.24) is 0 Å². The normalized spacial score (nSPS) is 16.4. The van der Waals surface area contributed by atoms with Crippen LogP contribution in [-0.4, -0.2) is 40.2 Å². The molecule has 0 unspecified atom stereocenters. The van der Waals surface area contributed by atoms with E-state index in [1.54, 1.807) is 30.3 Å². The van der Waals surface area contributed by atoms with Gasteiger partial charge in [0.2, 0.25) is 0 Å². The molecule has 0 spiro atoms. The minimum atomic E-state index is -3.95. The van der Waals surface area contributed by atoms with Gasteiger partial charge in [-0.25, -0.2) is 13.2 Å². The number of benzene rings is 2. The van der Waals surface area contributed by atoms with E-state index in [1.807, 2.05) is 0 Å². The van der Waals surface area contributed by atoms with E-state index in [0.29, 0.717) is 12.3 Å². The van der Waals surface area contributed by atoms with Crippen LogP contribution in [-0.2, 0) is 19.5 Å². The molecule has 1 fully saturated rings. The van der Waals surface area contributed by atoms with Crippen LogP contribution in [0.3, 0.4) is 0 Å². The molecule has 0 radical (unpaired) electrons. The SMILES string of the molecule is C=CCN(c1ccccc1)S(=O)(=O)c1ccc(Cl)c(C(=O)OC[C@H]2CCCO2)c1. The number of nitrogens with zero attached hydrogens (tertiary/aromatic N) is 1. The molecule has 1 aliphatic heterocycles. The summed E-state index contributed by atoms with van der Waals surface area (Å²) in [5.74, 6) is -0.683. The van der Waals surface area contributed by atoms with E-state index in [4.69, 9.17) is 21.1 Å². The topological polar surface area (TPSA) is 72.9 Å². The van der Waals surface area contributed by atoms with Crippen LogP contribution in [0.5, 0.6) is 0 Å². The number of carbonyl (C=O) groups excluding carboxylic acids is 1. The Labute approximate surface area is 175 Å². The number of carbonyl (C=O) groups is 1. The smallest absolute Gasteiger partial charge is 0.339 e. The van der Waals surface area contributed by atoms with Crippen LogP contribution >= 0.6 is 11.6 Å². The van der Waals surface area contributed by atoms with Gasteiger partial charge < -0.3 is 9.47 Å². The van der Waals surface area contributed by atoms with E-state index >= 15 is 0 Å². The Bertz CT molecular complexity index is 972. The summed E-state index contributed by atoms with van der Waals surface area (Å²) in [6.45, 7) is 4.48. The van der Waals surface area contributed by atoms with Gasteiger partial charge in [0, 0.05) is 6.61 Å². The largest absolute Gasteiger partial charge is 0.459 e. The fourth-order valence-electron chi connectivity index (χ4n) is 3.02. The summed E-state index contributed by atoms with van der Waals surface area (Å²) in [7, 11) is -3.95. The van der Waals surface area contributed by atoms with Gasteiger partial charge in [0.15, 0.2) is 0 Å². The van der Waals surface area contributed by atoms with Crippen LogP contribution in [0.15, 0.2) is 66.1 Å². The number of sulfonamides is 1. The van der Waals surface area contributed by atoms with Gasteiger partial charge in [-0.1, -0.05) is 35.9 Å². The molecule has 1 saturated heterocycles. The van der Waals surface area contributed by atoms with Crippen molar-refractivity contribution in [2.45, 2.75) is 23.8 Å². The van der Waals surface area contributed by atoms with E-state index < -0.39 is 16.0 Å². The van der Waals surface area contributed by atoms with Crippen LogP contribution in [0, 0.1) is 0 Å². The molecular formula is C21H22ClNO5S. The molecule has 0 N–H and O–H groups in total. The second-order valence-electron chi connectivity index (χ2n) is 6.54. The van der Waals surface area contributed by atoms with Gasteiger partial charge in [-0.05, 0) is 43.2 Å². The highest BCUT2D eigenvalue weighted by Crippen LogP contribution is 2.27. The Morgan fingerprint density at radius 1 is 1.28 bits per heavy atom. The van der Waals surface area contributed by atoms with Gasteiger partial charge in [0.1, 0.15) is 6.61 Å². The third-order valence-electron chi connectivity index (χ3n) is 4.51. The Kier molecular flexibility index (Phi) is 6.95. The molecule has 0 saturated carbocycles. The number of hydrogen-bond acceptors (Lipinski definition) is 5. The first kappa shape index (κ1) is 21.4. The molecule has 1 atom stereocenters. The third-order valence-corrected chi connectivity index (χ3v) is 6.63. The van der Waals surface area contributed by atoms with Gasteiger partial charge in [-0.15, -0.1) is 6.58 Å². The number of halogens is 1. The van der Waals surface area contributed by atoms with Crippen LogP contribution in [0.4, 0.5) is 5.69 Å². The van der Waals surface area contributed by atoms with Gasteiger partial charge in [0.05, 0.1) is 33.8 Å². The summed E-state index contributed by atoms with van der Waals surface area (Å²) in [6, 6.07) is 12.7. The highest BCUT2D eigenvalue weighted by atomic mass is 35.5. The molecule has 1 heterocycles. The monoisotopic (exact) mass is 435 g/mol. The van der Waals surface area contributed by atoms with E-state index in [0.717, 1.165) is 12.8 Å². The standard InChI is InChI=1S/C21H22ClNO5S/c1-2-12-23(16-7-4-3-5-8-16)29(25,26)18-10-11-20(22)19(14-18)21(24)28-15-17-9-6-13-27-17/h2-5,7-8,10-11,14,17H,1,6,9,12-13,15H2/t17-/m1/s1. The Balaban J connectivity index is 1.88. The molecule has 29 heavy (non-hydrogen) atoms. The first-order valence-electron chi connectivity index (χ1n) is 9.20. The lowest BCUT2D eigenvalue weighted by Crippen LogP contribution is -2.31. The third kappa shape index (κ3) is 4.98. The van der Waals surface area contributed by atoms with Gasteiger partial charge in [0.25, 0.3) is 10.0 Å². The van der Waals surface area contributed by atoms with Crippen molar-refractivity contribution in [2.24, 2.45) is 0 Å². The summed E-state index contributed by atoms with van der Waals surface area (Å²) in [5.41, 5.74) is 0.488. The molecule has 0 aliphatic carbocycles. The van der Waals surface area contributed by atoms with Crippen molar-refractivity contribution in [1.29, 1.82) is 0 Å². The predicted octanol–water partition coefficient (Wildman–Crippen LogP) is 4.06. The van der Waals surface area contributed by atoms with Gasteiger partial charge in [-0.2, -0.15) is 0 Å². The summed E-state index contributed by atoms with van der Waals surface area (Å²) in [6.07, 6.45) is 3.11. The molecule has 0 amide bonds. The van der Waals surface area contributed by atoms with E-state index in [1.165, 1.54) is 28.6 Å².